The van der Waals surface area contributed by atoms with E-state index in [0.717, 1.165) is 5.92 Å². The molecule has 0 bridgehead atoms. The van der Waals surface area contributed by atoms with Gasteiger partial charge in [0.25, 0.3) is 0 Å². The third-order valence-corrected chi connectivity index (χ3v) is 3.68. The Bertz CT molecular complexity index is 375. The van der Waals surface area contributed by atoms with E-state index in [1.165, 1.54) is 22.9 Å². The molecular formula is C13H19BrN2O. The molecule has 3 N–H and O–H groups in total. The number of carbonyl (C=O) groups is 1. The highest BCUT2D eigenvalue weighted by Gasteiger charge is 2.38. The summed E-state index contributed by atoms with van der Waals surface area (Å²) in [6.07, 6.45) is 3.08. The van der Waals surface area contributed by atoms with Crippen LogP contribution >= 0.6 is 15.9 Å². The number of hydrogen-bond acceptors (Lipinski definition) is 2. The lowest BCUT2D eigenvalue weighted by atomic mass is 9.60. The fourth-order valence-electron chi connectivity index (χ4n) is 2.58. The average molecular weight is 299 g/mol. The van der Waals surface area contributed by atoms with E-state index in [-0.39, 0.29) is 0 Å². The molecule has 1 amide bonds. The van der Waals surface area contributed by atoms with Crippen LogP contribution in [-0.4, -0.2) is 6.41 Å². The van der Waals surface area contributed by atoms with Crippen LogP contribution < -0.4 is 11.3 Å². The molecule has 1 aromatic carbocycles. The van der Waals surface area contributed by atoms with Gasteiger partial charge in [-0.25, -0.2) is 5.84 Å². The maximum atomic E-state index is 8.94. The van der Waals surface area contributed by atoms with Crippen LogP contribution in [0.25, 0.3) is 0 Å². The van der Waals surface area contributed by atoms with Crippen molar-refractivity contribution in [2.24, 2.45) is 11.8 Å². The van der Waals surface area contributed by atoms with Gasteiger partial charge >= 0.3 is 0 Å². The second-order valence-corrected chi connectivity index (χ2v) is 5.78. The molecule has 1 aliphatic rings. The number of hydrogen-bond donors (Lipinski definition) is 2. The second kappa shape index (κ2) is 6.17. The highest BCUT2D eigenvalue weighted by atomic mass is 79.9. The maximum Gasteiger partial charge on any atom is 0.221 e. The quantitative estimate of drug-likeness (QED) is 0.382. The van der Waals surface area contributed by atoms with Crippen LogP contribution in [0.2, 0.25) is 0 Å². The van der Waals surface area contributed by atoms with Crippen LogP contribution in [0.15, 0.2) is 28.7 Å². The van der Waals surface area contributed by atoms with Gasteiger partial charge in [-0.05, 0) is 41.9 Å². The highest BCUT2D eigenvalue weighted by molar-refractivity contribution is 9.10. The maximum absolute atomic E-state index is 8.94. The van der Waals surface area contributed by atoms with Crippen molar-refractivity contribution in [2.45, 2.75) is 32.1 Å². The summed E-state index contributed by atoms with van der Waals surface area (Å²) in [7, 11) is 0. The standard InChI is InChI=1S/C12H15Br.CH4N2O/c1-9-7-12(2,8-9)10-4-3-5-11(13)6-10;2-3-1-4/h3-6,9H,7-8H2,1-2H3;1H,2H2,(H,3,4). The Morgan fingerprint density at radius 1 is 1.53 bits per heavy atom. The van der Waals surface area contributed by atoms with Crippen LogP contribution in [0.5, 0.6) is 0 Å². The lowest BCUT2D eigenvalue weighted by Gasteiger charge is -2.44. The Kier molecular flexibility index (Phi) is 5.15. The molecule has 3 nitrogen and oxygen atoms in total. The molecule has 0 aromatic heterocycles. The largest absolute Gasteiger partial charge is 0.297 e. The number of nitrogens with two attached hydrogens (primary N) is 1. The molecule has 4 heteroatoms. The molecule has 0 saturated heterocycles. The Labute approximate surface area is 111 Å². The zero-order valence-corrected chi connectivity index (χ0v) is 11.8. The van der Waals surface area contributed by atoms with Gasteiger partial charge in [0.2, 0.25) is 6.41 Å². The lowest BCUT2D eigenvalue weighted by molar-refractivity contribution is -0.109. The van der Waals surface area contributed by atoms with Crippen LogP contribution in [-0.2, 0) is 10.2 Å². The summed E-state index contributed by atoms with van der Waals surface area (Å²) in [5.41, 5.74) is 3.68. The van der Waals surface area contributed by atoms with Gasteiger partial charge in [0, 0.05) is 4.47 Å². The second-order valence-electron chi connectivity index (χ2n) is 4.87. The summed E-state index contributed by atoms with van der Waals surface area (Å²) in [6.45, 7) is 4.70. The summed E-state index contributed by atoms with van der Waals surface area (Å²) < 4.78 is 1.20. The molecule has 2 rings (SSSR count). The third kappa shape index (κ3) is 3.82. The average Bonchev–Trinajstić information content (AvgIpc) is 2.27. The number of benzene rings is 1. The smallest absolute Gasteiger partial charge is 0.221 e. The summed E-state index contributed by atoms with van der Waals surface area (Å²) in [4.78, 5) is 8.94. The first-order chi connectivity index (χ1) is 8.01. The van der Waals surface area contributed by atoms with E-state index >= 15 is 0 Å². The van der Waals surface area contributed by atoms with Crippen molar-refractivity contribution in [3.8, 4) is 0 Å². The van der Waals surface area contributed by atoms with E-state index in [0.29, 0.717) is 11.8 Å². The van der Waals surface area contributed by atoms with Gasteiger partial charge in [-0.1, -0.05) is 41.9 Å². The van der Waals surface area contributed by atoms with Crippen molar-refractivity contribution < 1.29 is 4.79 Å². The molecule has 1 fully saturated rings. The van der Waals surface area contributed by atoms with E-state index < -0.39 is 0 Å². The van der Waals surface area contributed by atoms with Gasteiger partial charge in [-0.2, -0.15) is 0 Å². The van der Waals surface area contributed by atoms with Crippen molar-refractivity contribution in [3.63, 3.8) is 0 Å². The van der Waals surface area contributed by atoms with Crippen molar-refractivity contribution in [1.82, 2.24) is 5.43 Å². The minimum absolute atomic E-state index is 0.403. The van der Waals surface area contributed by atoms with E-state index in [1.54, 1.807) is 5.43 Å². The summed E-state index contributed by atoms with van der Waals surface area (Å²) >= 11 is 3.52. The number of hydrazine groups is 1. The fraction of sp³-hybridized carbons (Fsp3) is 0.462. The Morgan fingerprint density at radius 3 is 2.53 bits per heavy atom. The molecule has 1 aromatic rings. The van der Waals surface area contributed by atoms with Gasteiger partial charge in [0.05, 0.1) is 0 Å². The lowest BCUT2D eigenvalue weighted by Crippen LogP contribution is -2.36. The van der Waals surface area contributed by atoms with Gasteiger partial charge in [-0.15, -0.1) is 0 Å². The van der Waals surface area contributed by atoms with Crippen molar-refractivity contribution >= 4 is 22.3 Å². The van der Waals surface area contributed by atoms with Gasteiger partial charge in [0.1, 0.15) is 0 Å². The molecular weight excluding hydrogens is 280 g/mol. The Morgan fingerprint density at radius 2 is 2.12 bits per heavy atom. The summed E-state index contributed by atoms with van der Waals surface area (Å²) in [5.74, 6) is 5.32. The molecule has 0 aliphatic heterocycles. The van der Waals surface area contributed by atoms with E-state index in [4.69, 9.17) is 4.79 Å². The number of carbonyl (C=O) groups excluding carboxylic acids is 1. The van der Waals surface area contributed by atoms with Crippen molar-refractivity contribution in [3.05, 3.63) is 34.3 Å². The SMILES string of the molecule is CC1CC(C)(c2cccc(Br)c2)C1.NNC=O. The van der Waals surface area contributed by atoms with Gasteiger partial charge < -0.3 is 0 Å². The monoisotopic (exact) mass is 298 g/mol. The molecule has 0 unspecified atom stereocenters. The molecule has 0 spiro atoms. The zero-order valence-electron chi connectivity index (χ0n) is 10.2. The summed E-state index contributed by atoms with van der Waals surface area (Å²) in [6, 6.07) is 8.73. The van der Waals surface area contributed by atoms with Crippen molar-refractivity contribution in [1.29, 1.82) is 0 Å². The number of rotatable bonds is 2. The number of halogens is 1. The summed E-state index contributed by atoms with van der Waals surface area (Å²) in [5, 5.41) is 0. The van der Waals surface area contributed by atoms with Gasteiger partial charge in [0.15, 0.2) is 0 Å². The fourth-order valence-corrected chi connectivity index (χ4v) is 2.98. The third-order valence-electron chi connectivity index (χ3n) is 3.19. The minimum Gasteiger partial charge on any atom is -0.297 e. The first kappa shape index (κ1) is 14.2. The molecule has 0 heterocycles. The zero-order chi connectivity index (χ0) is 12.9. The topological polar surface area (TPSA) is 55.1 Å². The molecule has 94 valence electrons. The molecule has 17 heavy (non-hydrogen) atoms. The Hall–Kier alpha value is -0.870. The van der Waals surface area contributed by atoms with E-state index in [1.807, 2.05) is 0 Å². The normalized spacial score (nSPS) is 26.2. The first-order valence-corrected chi connectivity index (χ1v) is 6.47. The molecule has 0 radical (unpaired) electrons. The van der Waals surface area contributed by atoms with E-state index in [9.17, 15) is 0 Å². The van der Waals surface area contributed by atoms with E-state index in [2.05, 4.69) is 59.9 Å². The minimum atomic E-state index is 0.403. The first-order valence-electron chi connectivity index (χ1n) is 5.67. The van der Waals surface area contributed by atoms with Gasteiger partial charge in [-0.3, -0.25) is 10.2 Å². The van der Waals surface area contributed by atoms with Crippen LogP contribution in [0.1, 0.15) is 32.3 Å². The molecule has 0 atom stereocenters. The van der Waals surface area contributed by atoms with Crippen molar-refractivity contribution in [2.75, 3.05) is 0 Å². The van der Waals surface area contributed by atoms with Crippen LogP contribution in [0, 0.1) is 5.92 Å². The molecule has 1 saturated carbocycles. The highest BCUT2D eigenvalue weighted by Crippen LogP contribution is 2.47. The molecule has 1 aliphatic carbocycles. The van der Waals surface area contributed by atoms with Crippen LogP contribution in [0.3, 0.4) is 0 Å². The predicted octanol–water partition coefficient (Wildman–Crippen LogP) is 2.74. The predicted molar refractivity (Wildman–Crippen MR) is 73.3 cm³/mol. The van der Waals surface area contributed by atoms with Crippen LogP contribution in [0.4, 0.5) is 0 Å². The Balaban J connectivity index is 0.000000317. The number of nitrogens with one attached hydrogen (secondary N) is 1. The number of amides is 1.